The third kappa shape index (κ3) is 2.72. The maximum absolute atomic E-state index is 12.7. The molecule has 2 unspecified atom stereocenters. The number of aliphatic hydroxyl groups is 1. The van der Waals surface area contributed by atoms with E-state index in [9.17, 15) is 18.3 Å². The van der Waals surface area contributed by atoms with Gasteiger partial charge in [-0.2, -0.15) is 13.2 Å². The van der Waals surface area contributed by atoms with Crippen molar-refractivity contribution in [2.75, 3.05) is 5.32 Å². The van der Waals surface area contributed by atoms with Gasteiger partial charge in [0.05, 0.1) is 17.7 Å². The lowest BCUT2D eigenvalue weighted by Gasteiger charge is -2.21. The molecule has 0 aliphatic heterocycles. The molecule has 0 bridgehead atoms. The van der Waals surface area contributed by atoms with E-state index in [4.69, 9.17) is 0 Å². The van der Waals surface area contributed by atoms with Crippen molar-refractivity contribution in [3.63, 3.8) is 0 Å². The predicted octanol–water partition coefficient (Wildman–Crippen LogP) is 3.03. The fraction of sp³-hybridized carbons (Fsp3) is 0.500. The zero-order valence-corrected chi connectivity index (χ0v) is 9.17. The number of aliphatic hydroxyl groups excluding tert-OH is 1. The Morgan fingerprint density at radius 2 is 1.88 bits per heavy atom. The van der Waals surface area contributed by atoms with Crippen LogP contribution in [-0.2, 0) is 6.18 Å². The summed E-state index contributed by atoms with van der Waals surface area (Å²) in [5, 5.41) is 12.4. The first-order valence-corrected chi connectivity index (χ1v) is 5.59. The lowest BCUT2D eigenvalue weighted by Crippen LogP contribution is -2.29. The molecule has 1 aromatic rings. The second kappa shape index (κ2) is 4.56. The van der Waals surface area contributed by atoms with Crippen molar-refractivity contribution in [2.24, 2.45) is 0 Å². The standard InChI is InChI=1S/C12H14F3NO/c13-12(14,15)8-4-1-2-5-9(8)16-10-6-3-7-11(10)17/h1-2,4-5,10-11,16-17H,3,6-7H2. The van der Waals surface area contributed by atoms with Gasteiger partial charge in [-0.25, -0.2) is 0 Å². The summed E-state index contributed by atoms with van der Waals surface area (Å²) < 4.78 is 38.2. The Bertz CT molecular complexity index is 392. The van der Waals surface area contributed by atoms with E-state index in [1.165, 1.54) is 12.1 Å². The van der Waals surface area contributed by atoms with Crippen LogP contribution in [0.1, 0.15) is 24.8 Å². The van der Waals surface area contributed by atoms with Crippen LogP contribution in [0.15, 0.2) is 24.3 Å². The zero-order valence-electron chi connectivity index (χ0n) is 9.17. The van der Waals surface area contributed by atoms with Gasteiger partial charge in [-0.15, -0.1) is 0 Å². The van der Waals surface area contributed by atoms with E-state index in [0.717, 1.165) is 12.5 Å². The first-order chi connectivity index (χ1) is 7.98. The van der Waals surface area contributed by atoms with Gasteiger partial charge in [0.2, 0.25) is 0 Å². The number of para-hydroxylation sites is 1. The molecule has 0 saturated heterocycles. The molecule has 2 nitrogen and oxygen atoms in total. The predicted molar refractivity (Wildman–Crippen MR) is 58.7 cm³/mol. The SMILES string of the molecule is OC1CCCC1Nc1ccccc1C(F)(F)F. The summed E-state index contributed by atoms with van der Waals surface area (Å²) in [5.74, 6) is 0. The summed E-state index contributed by atoms with van der Waals surface area (Å²) in [6, 6.07) is 5.08. The van der Waals surface area contributed by atoms with Gasteiger partial charge in [0, 0.05) is 5.69 Å². The van der Waals surface area contributed by atoms with Gasteiger partial charge < -0.3 is 10.4 Å². The fourth-order valence-electron chi connectivity index (χ4n) is 2.16. The molecule has 1 saturated carbocycles. The summed E-state index contributed by atoms with van der Waals surface area (Å²) in [6.45, 7) is 0. The highest BCUT2D eigenvalue weighted by Gasteiger charge is 2.34. The largest absolute Gasteiger partial charge is 0.418 e. The Hall–Kier alpha value is -1.23. The van der Waals surface area contributed by atoms with Crippen LogP contribution in [0, 0.1) is 0 Å². The maximum Gasteiger partial charge on any atom is 0.418 e. The number of nitrogens with one attached hydrogen (secondary N) is 1. The number of hydrogen-bond donors (Lipinski definition) is 2. The smallest absolute Gasteiger partial charge is 0.391 e. The first kappa shape index (κ1) is 12.2. The third-order valence-corrected chi connectivity index (χ3v) is 3.05. The van der Waals surface area contributed by atoms with E-state index in [1.807, 2.05) is 0 Å². The Labute approximate surface area is 97.5 Å². The molecule has 1 aliphatic carbocycles. The van der Waals surface area contributed by atoms with Gasteiger partial charge in [0.15, 0.2) is 0 Å². The minimum Gasteiger partial charge on any atom is -0.391 e. The molecule has 0 radical (unpaired) electrons. The number of benzene rings is 1. The molecule has 17 heavy (non-hydrogen) atoms. The molecular weight excluding hydrogens is 231 g/mol. The molecule has 1 aromatic carbocycles. The summed E-state index contributed by atoms with van der Waals surface area (Å²) in [6.07, 6.45) is -2.74. The molecule has 0 amide bonds. The van der Waals surface area contributed by atoms with Crippen molar-refractivity contribution < 1.29 is 18.3 Å². The van der Waals surface area contributed by atoms with Gasteiger partial charge >= 0.3 is 6.18 Å². The summed E-state index contributed by atoms with van der Waals surface area (Å²) in [5.41, 5.74) is -0.634. The van der Waals surface area contributed by atoms with Crippen molar-refractivity contribution >= 4 is 5.69 Å². The fourth-order valence-corrected chi connectivity index (χ4v) is 2.16. The Morgan fingerprint density at radius 3 is 2.47 bits per heavy atom. The van der Waals surface area contributed by atoms with E-state index in [1.54, 1.807) is 6.07 Å². The number of hydrogen-bond acceptors (Lipinski definition) is 2. The molecule has 2 N–H and O–H groups in total. The molecule has 2 rings (SSSR count). The van der Waals surface area contributed by atoms with Crippen molar-refractivity contribution in [3.8, 4) is 0 Å². The Morgan fingerprint density at radius 1 is 1.18 bits per heavy atom. The van der Waals surface area contributed by atoms with E-state index >= 15 is 0 Å². The number of alkyl halides is 3. The van der Waals surface area contributed by atoms with Crippen molar-refractivity contribution in [1.82, 2.24) is 0 Å². The number of rotatable bonds is 2. The van der Waals surface area contributed by atoms with Crippen LogP contribution in [0.5, 0.6) is 0 Å². The number of anilines is 1. The average Bonchev–Trinajstić information content (AvgIpc) is 2.64. The normalized spacial score (nSPS) is 24.9. The minimum atomic E-state index is -4.37. The van der Waals surface area contributed by atoms with E-state index < -0.39 is 17.8 Å². The molecule has 1 fully saturated rings. The van der Waals surface area contributed by atoms with Crippen LogP contribution in [0.2, 0.25) is 0 Å². The molecule has 5 heteroatoms. The second-order valence-corrected chi connectivity index (χ2v) is 4.29. The van der Waals surface area contributed by atoms with Gasteiger partial charge in [-0.1, -0.05) is 12.1 Å². The molecule has 2 atom stereocenters. The first-order valence-electron chi connectivity index (χ1n) is 5.59. The Balaban J connectivity index is 2.21. The highest BCUT2D eigenvalue weighted by molar-refractivity contribution is 5.53. The van der Waals surface area contributed by atoms with Crippen molar-refractivity contribution in [1.29, 1.82) is 0 Å². The zero-order chi connectivity index (χ0) is 12.5. The van der Waals surface area contributed by atoms with E-state index in [2.05, 4.69) is 5.32 Å². The van der Waals surface area contributed by atoms with Crippen LogP contribution >= 0.6 is 0 Å². The molecule has 0 spiro atoms. The van der Waals surface area contributed by atoms with Gasteiger partial charge in [0.1, 0.15) is 0 Å². The molecular formula is C12H14F3NO. The van der Waals surface area contributed by atoms with Crippen LogP contribution in [0.3, 0.4) is 0 Å². The molecule has 94 valence electrons. The highest BCUT2D eigenvalue weighted by Crippen LogP contribution is 2.35. The maximum atomic E-state index is 12.7. The number of halogens is 3. The summed E-state index contributed by atoms with van der Waals surface area (Å²) in [4.78, 5) is 0. The molecule has 1 aliphatic rings. The lowest BCUT2D eigenvalue weighted by atomic mass is 10.1. The van der Waals surface area contributed by atoms with Crippen molar-refractivity contribution in [2.45, 2.75) is 37.6 Å². The van der Waals surface area contributed by atoms with Gasteiger partial charge in [-0.3, -0.25) is 0 Å². The van der Waals surface area contributed by atoms with Gasteiger partial charge in [0.25, 0.3) is 0 Å². The summed E-state index contributed by atoms with van der Waals surface area (Å²) in [7, 11) is 0. The summed E-state index contributed by atoms with van der Waals surface area (Å²) >= 11 is 0. The van der Waals surface area contributed by atoms with Crippen LogP contribution in [0.25, 0.3) is 0 Å². The topological polar surface area (TPSA) is 32.3 Å². The van der Waals surface area contributed by atoms with E-state index in [-0.39, 0.29) is 11.7 Å². The highest BCUT2D eigenvalue weighted by atomic mass is 19.4. The van der Waals surface area contributed by atoms with Gasteiger partial charge in [-0.05, 0) is 31.4 Å². The average molecular weight is 245 g/mol. The van der Waals surface area contributed by atoms with Crippen LogP contribution < -0.4 is 5.32 Å². The monoisotopic (exact) mass is 245 g/mol. The van der Waals surface area contributed by atoms with Crippen molar-refractivity contribution in [3.05, 3.63) is 29.8 Å². The molecule has 0 aromatic heterocycles. The second-order valence-electron chi connectivity index (χ2n) is 4.29. The minimum absolute atomic E-state index is 0.0472. The van der Waals surface area contributed by atoms with E-state index in [0.29, 0.717) is 12.8 Å². The third-order valence-electron chi connectivity index (χ3n) is 3.05. The molecule has 0 heterocycles. The quantitative estimate of drug-likeness (QED) is 0.839. The Kier molecular flexibility index (Phi) is 3.28. The van der Waals surface area contributed by atoms with Crippen LogP contribution in [0.4, 0.5) is 18.9 Å². The lowest BCUT2D eigenvalue weighted by molar-refractivity contribution is -0.137. The van der Waals surface area contributed by atoms with Crippen LogP contribution in [-0.4, -0.2) is 17.3 Å².